The van der Waals surface area contributed by atoms with E-state index in [4.69, 9.17) is 10.5 Å². The van der Waals surface area contributed by atoms with Crippen LogP contribution in [-0.2, 0) is 0 Å². The van der Waals surface area contributed by atoms with Crippen molar-refractivity contribution in [3.05, 3.63) is 28.8 Å². The maximum atomic E-state index is 5.82. The fourth-order valence-electron chi connectivity index (χ4n) is 1.47. The lowest BCUT2D eigenvalue weighted by Crippen LogP contribution is -2.26. The van der Waals surface area contributed by atoms with E-state index in [-0.39, 0.29) is 6.04 Å². The highest BCUT2D eigenvalue weighted by atomic mass is 16.5. The van der Waals surface area contributed by atoms with Crippen LogP contribution in [0.15, 0.2) is 12.1 Å². The third kappa shape index (κ3) is 3.24. The summed E-state index contributed by atoms with van der Waals surface area (Å²) < 4.78 is 5.73. The van der Waals surface area contributed by atoms with Gasteiger partial charge in [-0.15, -0.1) is 0 Å². The molecule has 15 heavy (non-hydrogen) atoms. The van der Waals surface area contributed by atoms with Gasteiger partial charge >= 0.3 is 0 Å². The van der Waals surface area contributed by atoms with Gasteiger partial charge in [-0.3, -0.25) is 0 Å². The van der Waals surface area contributed by atoms with E-state index in [0.29, 0.717) is 6.61 Å². The van der Waals surface area contributed by atoms with Gasteiger partial charge in [0.05, 0.1) is 0 Å². The molecule has 2 nitrogen and oxygen atoms in total. The van der Waals surface area contributed by atoms with Gasteiger partial charge < -0.3 is 10.5 Å². The standard InChI is InChI=1S/C13H21NO/c1-5-12(14)8-15-13-7-9(2)6-10(3)11(13)4/h6-7,12H,5,8,14H2,1-4H3. The molecule has 0 heterocycles. The van der Waals surface area contributed by atoms with Crippen LogP contribution in [0.2, 0.25) is 0 Å². The summed E-state index contributed by atoms with van der Waals surface area (Å²) in [6.45, 7) is 8.94. The Morgan fingerprint density at radius 3 is 2.53 bits per heavy atom. The predicted molar refractivity (Wildman–Crippen MR) is 64.4 cm³/mol. The molecule has 0 amide bonds. The number of hydrogen-bond donors (Lipinski definition) is 1. The molecular formula is C13H21NO. The second-order valence-corrected chi connectivity index (χ2v) is 4.18. The Kier molecular flexibility index (Phi) is 4.15. The number of aryl methyl sites for hydroxylation is 2. The molecule has 1 rings (SSSR count). The van der Waals surface area contributed by atoms with Gasteiger partial charge in [0.1, 0.15) is 12.4 Å². The fourth-order valence-corrected chi connectivity index (χ4v) is 1.47. The number of benzene rings is 1. The first-order valence-electron chi connectivity index (χ1n) is 5.50. The molecule has 0 saturated carbocycles. The number of hydrogen-bond acceptors (Lipinski definition) is 2. The monoisotopic (exact) mass is 207 g/mol. The number of ether oxygens (including phenoxy) is 1. The van der Waals surface area contributed by atoms with Gasteiger partial charge in [-0.05, 0) is 49.9 Å². The molecule has 0 aliphatic rings. The molecule has 0 fully saturated rings. The molecule has 1 aromatic rings. The van der Waals surface area contributed by atoms with Crippen molar-refractivity contribution < 1.29 is 4.74 Å². The van der Waals surface area contributed by atoms with Gasteiger partial charge in [-0.25, -0.2) is 0 Å². The first-order chi connectivity index (χ1) is 7.04. The molecule has 2 N–H and O–H groups in total. The Morgan fingerprint density at radius 2 is 1.93 bits per heavy atom. The molecule has 0 aliphatic heterocycles. The third-order valence-corrected chi connectivity index (χ3v) is 2.74. The van der Waals surface area contributed by atoms with Crippen LogP contribution in [0, 0.1) is 20.8 Å². The predicted octanol–water partition coefficient (Wildman–Crippen LogP) is 2.73. The van der Waals surface area contributed by atoms with E-state index in [1.54, 1.807) is 0 Å². The Morgan fingerprint density at radius 1 is 1.27 bits per heavy atom. The van der Waals surface area contributed by atoms with Crippen LogP contribution in [-0.4, -0.2) is 12.6 Å². The van der Waals surface area contributed by atoms with Crippen molar-refractivity contribution in [1.82, 2.24) is 0 Å². The van der Waals surface area contributed by atoms with Crippen LogP contribution >= 0.6 is 0 Å². The SMILES string of the molecule is CCC(N)COc1cc(C)cc(C)c1C. The van der Waals surface area contributed by atoms with E-state index in [2.05, 4.69) is 39.8 Å². The smallest absolute Gasteiger partial charge is 0.122 e. The zero-order valence-corrected chi connectivity index (χ0v) is 10.1. The van der Waals surface area contributed by atoms with Gasteiger partial charge in [0.15, 0.2) is 0 Å². The molecule has 0 aromatic heterocycles. The summed E-state index contributed by atoms with van der Waals surface area (Å²) in [6, 6.07) is 4.37. The van der Waals surface area contributed by atoms with E-state index in [9.17, 15) is 0 Å². The van der Waals surface area contributed by atoms with Gasteiger partial charge in [0, 0.05) is 6.04 Å². The largest absolute Gasteiger partial charge is 0.492 e. The summed E-state index contributed by atoms with van der Waals surface area (Å²) in [4.78, 5) is 0. The average Bonchev–Trinajstić information content (AvgIpc) is 2.20. The first kappa shape index (κ1) is 12.1. The highest BCUT2D eigenvalue weighted by Crippen LogP contribution is 2.23. The summed E-state index contributed by atoms with van der Waals surface area (Å²) in [5.74, 6) is 0.969. The van der Waals surface area contributed by atoms with Crippen LogP contribution < -0.4 is 10.5 Å². The molecule has 0 bridgehead atoms. The Balaban J connectivity index is 2.76. The topological polar surface area (TPSA) is 35.2 Å². The van der Waals surface area contributed by atoms with Crippen LogP contribution in [0.4, 0.5) is 0 Å². The lowest BCUT2D eigenvalue weighted by atomic mass is 10.1. The Labute approximate surface area is 92.4 Å². The molecule has 0 saturated heterocycles. The highest BCUT2D eigenvalue weighted by molar-refractivity contribution is 5.41. The molecule has 0 spiro atoms. The molecule has 1 aromatic carbocycles. The van der Waals surface area contributed by atoms with Crippen molar-refractivity contribution in [2.24, 2.45) is 5.73 Å². The minimum absolute atomic E-state index is 0.130. The zero-order chi connectivity index (χ0) is 11.4. The van der Waals surface area contributed by atoms with Gasteiger partial charge in [-0.1, -0.05) is 13.0 Å². The normalized spacial score (nSPS) is 12.6. The van der Waals surface area contributed by atoms with Crippen LogP contribution in [0.25, 0.3) is 0 Å². The second kappa shape index (κ2) is 5.17. The van der Waals surface area contributed by atoms with Crippen molar-refractivity contribution in [3.8, 4) is 5.75 Å². The Bertz CT molecular complexity index is 334. The van der Waals surface area contributed by atoms with E-state index in [0.717, 1.165) is 12.2 Å². The molecule has 1 unspecified atom stereocenters. The van der Waals surface area contributed by atoms with Crippen molar-refractivity contribution in [1.29, 1.82) is 0 Å². The van der Waals surface area contributed by atoms with E-state index < -0.39 is 0 Å². The minimum atomic E-state index is 0.130. The molecule has 0 radical (unpaired) electrons. The van der Waals surface area contributed by atoms with Crippen molar-refractivity contribution in [3.63, 3.8) is 0 Å². The second-order valence-electron chi connectivity index (χ2n) is 4.18. The quantitative estimate of drug-likeness (QED) is 0.824. The molecule has 1 atom stereocenters. The summed E-state index contributed by atoms with van der Waals surface area (Å²) in [5, 5.41) is 0. The molecule has 0 aliphatic carbocycles. The third-order valence-electron chi connectivity index (χ3n) is 2.74. The van der Waals surface area contributed by atoms with E-state index in [1.165, 1.54) is 16.7 Å². The van der Waals surface area contributed by atoms with E-state index in [1.807, 2.05) is 0 Å². The minimum Gasteiger partial charge on any atom is -0.492 e. The molecule has 2 heteroatoms. The van der Waals surface area contributed by atoms with Gasteiger partial charge in [-0.2, -0.15) is 0 Å². The van der Waals surface area contributed by atoms with Gasteiger partial charge in [0.25, 0.3) is 0 Å². The summed E-state index contributed by atoms with van der Waals surface area (Å²) >= 11 is 0. The first-order valence-corrected chi connectivity index (χ1v) is 5.50. The molecular weight excluding hydrogens is 186 g/mol. The Hall–Kier alpha value is -1.02. The average molecular weight is 207 g/mol. The highest BCUT2D eigenvalue weighted by Gasteiger charge is 2.05. The lowest BCUT2D eigenvalue weighted by Gasteiger charge is -2.15. The van der Waals surface area contributed by atoms with Crippen molar-refractivity contribution >= 4 is 0 Å². The summed E-state index contributed by atoms with van der Waals surface area (Å²) in [6.07, 6.45) is 0.948. The van der Waals surface area contributed by atoms with Crippen molar-refractivity contribution in [2.45, 2.75) is 40.2 Å². The van der Waals surface area contributed by atoms with Crippen LogP contribution in [0.3, 0.4) is 0 Å². The fraction of sp³-hybridized carbons (Fsp3) is 0.538. The maximum absolute atomic E-state index is 5.82. The van der Waals surface area contributed by atoms with Gasteiger partial charge in [0.2, 0.25) is 0 Å². The van der Waals surface area contributed by atoms with Crippen LogP contribution in [0.1, 0.15) is 30.0 Å². The number of rotatable bonds is 4. The van der Waals surface area contributed by atoms with Crippen LogP contribution in [0.5, 0.6) is 5.75 Å². The lowest BCUT2D eigenvalue weighted by molar-refractivity contribution is 0.283. The number of nitrogens with two attached hydrogens (primary N) is 1. The zero-order valence-electron chi connectivity index (χ0n) is 10.1. The summed E-state index contributed by atoms with van der Waals surface area (Å²) in [5.41, 5.74) is 9.54. The van der Waals surface area contributed by atoms with E-state index >= 15 is 0 Å². The van der Waals surface area contributed by atoms with Crippen molar-refractivity contribution in [2.75, 3.05) is 6.61 Å². The summed E-state index contributed by atoms with van der Waals surface area (Å²) in [7, 11) is 0. The maximum Gasteiger partial charge on any atom is 0.122 e. The molecule has 84 valence electrons.